The molecule has 0 unspecified atom stereocenters. The maximum atomic E-state index is 6.03. The van der Waals surface area contributed by atoms with E-state index < -0.39 is 0 Å². The highest BCUT2D eigenvalue weighted by Gasteiger charge is 2.11. The summed E-state index contributed by atoms with van der Waals surface area (Å²) in [5.41, 5.74) is 8.41. The minimum absolute atomic E-state index is 0.657. The van der Waals surface area contributed by atoms with Crippen LogP contribution < -0.4 is 5.73 Å². The molecule has 0 saturated carbocycles. The summed E-state index contributed by atoms with van der Waals surface area (Å²) in [6, 6.07) is 9.48. The highest BCUT2D eigenvalue weighted by Crippen LogP contribution is 2.32. The molecule has 0 aliphatic rings. The van der Waals surface area contributed by atoms with Crippen molar-refractivity contribution < 1.29 is 0 Å². The van der Waals surface area contributed by atoms with Crippen LogP contribution in [0.1, 0.15) is 0 Å². The molecule has 2 aromatic heterocycles. The van der Waals surface area contributed by atoms with E-state index in [1.807, 2.05) is 41.9 Å². The highest BCUT2D eigenvalue weighted by molar-refractivity contribution is 9.10. The van der Waals surface area contributed by atoms with Crippen LogP contribution in [0.15, 0.2) is 46.4 Å². The first-order valence-electron chi connectivity index (χ1n) is 5.49. The third-order valence-corrected chi connectivity index (χ3v) is 4.58. The molecule has 0 saturated heterocycles. The molecule has 0 bridgehead atoms. The topological polar surface area (TPSA) is 43.8 Å². The van der Waals surface area contributed by atoms with Crippen LogP contribution in [-0.4, -0.2) is 9.78 Å². The third kappa shape index (κ3) is 2.54. The quantitative estimate of drug-likeness (QED) is 0.731. The second kappa shape index (κ2) is 5.00. The second-order valence-electron chi connectivity index (χ2n) is 3.98. The van der Waals surface area contributed by atoms with Gasteiger partial charge in [-0.15, -0.1) is 11.3 Å². The van der Waals surface area contributed by atoms with E-state index in [2.05, 4.69) is 21.0 Å². The Hall–Kier alpha value is -1.30. The minimum Gasteiger partial charge on any atom is -0.396 e. The van der Waals surface area contributed by atoms with Gasteiger partial charge < -0.3 is 5.73 Å². The predicted molar refractivity (Wildman–Crippen MR) is 84.0 cm³/mol. The molecule has 0 fully saturated rings. The van der Waals surface area contributed by atoms with Gasteiger partial charge in [-0.05, 0) is 46.3 Å². The lowest BCUT2D eigenvalue weighted by Crippen LogP contribution is -1.93. The monoisotopic (exact) mass is 353 g/mol. The molecule has 2 heterocycles. The normalized spacial score (nSPS) is 10.8. The van der Waals surface area contributed by atoms with Gasteiger partial charge in [0.25, 0.3) is 0 Å². The SMILES string of the molecule is Nc1cn(-c2ccc(Cl)cc2)nc1-c1cc(Br)cs1. The van der Waals surface area contributed by atoms with E-state index in [1.165, 1.54) is 0 Å². The van der Waals surface area contributed by atoms with Gasteiger partial charge in [0.05, 0.1) is 22.4 Å². The summed E-state index contributed by atoms with van der Waals surface area (Å²) in [5, 5.41) is 7.24. The number of hydrogen-bond donors (Lipinski definition) is 1. The zero-order valence-corrected chi connectivity index (χ0v) is 12.8. The van der Waals surface area contributed by atoms with Gasteiger partial charge >= 0.3 is 0 Å². The number of anilines is 1. The molecule has 6 heteroatoms. The summed E-state index contributed by atoms with van der Waals surface area (Å²) in [7, 11) is 0. The molecule has 0 spiro atoms. The molecular formula is C13H9BrClN3S. The van der Waals surface area contributed by atoms with Crippen molar-refractivity contribution in [2.45, 2.75) is 0 Å². The van der Waals surface area contributed by atoms with Crippen molar-refractivity contribution in [3.8, 4) is 16.3 Å². The largest absolute Gasteiger partial charge is 0.396 e. The molecule has 2 N–H and O–H groups in total. The Morgan fingerprint density at radius 2 is 2.00 bits per heavy atom. The summed E-state index contributed by atoms with van der Waals surface area (Å²) in [4.78, 5) is 1.04. The van der Waals surface area contributed by atoms with Crippen LogP contribution in [0.4, 0.5) is 5.69 Å². The lowest BCUT2D eigenvalue weighted by molar-refractivity contribution is 0.885. The molecule has 0 aliphatic carbocycles. The van der Waals surface area contributed by atoms with Crippen molar-refractivity contribution in [3.05, 3.63) is 51.4 Å². The second-order valence-corrected chi connectivity index (χ2v) is 6.25. The number of benzene rings is 1. The Morgan fingerprint density at radius 3 is 2.63 bits per heavy atom. The van der Waals surface area contributed by atoms with Gasteiger partial charge in [0.2, 0.25) is 0 Å². The first kappa shape index (κ1) is 12.7. The Bertz CT molecular complexity index is 718. The van der Waals surface area contributed by atoms with Crippen LogP contribution in [-0.2, 0) is 0 Å². The first-order chi connectivity index (χ1) is 9.13. The predicted octanol–water partition coefficient (Wildman–Crippen LogP) is 4.60. The van der Waals surface area contributed by atoms with Gasteiger partial charge in [-0.3, -0.25) is 0 Å². The van der Waals surface area contributed by atoms with Crippen LogP contribution in [0.5, 0.6) is 0 Å². The summed E-state index contributed by atoms with van der Waals surface area (Å²) < 4.78 is 2.79. The van der Waals surface area contributed by atoms with Crippen molar-refractivity contribution in [1.82, 2.24) is 9.78 Å². The van der Waals surface area contributed by atoms with Crippen molar-refractivity contribution in [1.29, 1.82) is 0 Å². The van der Waals surface area contributed by atoms with E-state index in [4.69, 9.17) is 17.3 Å². The van der Waals surface area contributed by atoms with Gasteiger partial charge in [-0.25, -0.2) is 4.68 Å². The van der Waals surface area contributed by atoms with Gasteiger partial charge in [0.1, 0.15) is 5.69 Å². The number of halogens is 2. The third-order valence-electron chi connectivity index (χ3n) is 2.63. The van der Waals surface area contributed by atoms with Crippen LogP contribution >= 0.6 is 38.9 Å². The number of nitrogens with two attached hydrogens (primary N) is 1. The molecule has 19 heavy (non-hydrogen) atoms. The minimum atomic E-state index is 0.657. The standard InChI is InChI=1S/C13H9BrClN3S/c14-8-5-12(19-7-8)13-11(16)6-18(17-13)10-3-1-9(15)2-4-10/h1-7H,16H2. The van der Waals surface area contributed by atoms with E-state index in [0.717, 1.165) is 20.7 Å². The highest BCUT2D eigenvalue weighted by atomic mass is 79.9. The summed E-state index contributed by atoms with van der Waals surface area (Å²) in [6.45, 7) is 0. The van der Waals surface area contributed by atoms with E-state index in [1.54, 1.807) is 16.0 Å². The Balaban J connectivity index is 2.04. The lowest BCUT2D eigenvalue weighted by atomic mass is 10.3. The Morgan fingerprint density at radius 1 is 1.26 bits per heavy atom. The summed E-state index contributed by atoms with van der Waals surface area (Å²) >= 11 is 10.9. The van der Waals surface area contributed by atoms with Gasteiger partial charge in [-0.2, -0.15) is 5.10 Å². The van der Waals surface area contributed by atoms with E-state index in [0.29, 0.717) is 10.7 Å². The molecule has 1 aromatic carbocycles. The average Bonchev–Trinajstić information content (AvgIpc) is 2.96. The summed E-state index contributed by atoms with van der Waals surface area (Å²) in [5.74, 6) is 0. The van der Waals surface area contributed by atoms with Crippen LogP contribution in [0.25, 0.3) is 16.3 Å². The van der Waals surface area contributed by atoms with E-state index in [9.17, 15) is 0 Å². The molecular weight excluding hydrogens is 346 g/mol. The molecule has 0 radical (unpaired) electrons. The number of hydrogen-bond acceptors (Lipinski definition) is 3. The zero-order chi connectivity index (χ0) is 13.4. The van der Waals surface area contributed by atoms with E-state index in [-0.39, 0.29) is 0 Å². The molecule has 3 nitrogen and oxygen atoms in total. The van der Waals surface area contributed by atoms with Crippen LogP contribution in [0, 0.1) is 0 Å². The number of nitrogens with zero attached hydrogens (tertiary/aromatic N) is 2. The van der Waals surface area contributed by atoms with Gasteiger partial charge in [0.15, 0.2) is 0 Å². The fraction of sp³-hybridized carbons (Fsp3) is 0. The maximum absolute atomic E-state index is 6.03. The molecule has 96 valence electrons. The molecule has 3 rings (SSSR count). The zero-order valence-electron chi connectivity index (χ0n) is 9.68. The maximum Gasteiger partial charge on any atom is 0.126 e. The van der Waals surface area contributed by atoms with E-state index >= 15 is 0 Å². The molecule has 0 amide bonds. The van der Waals surface area contributed by atoms with Crippen molar-refractivity contribution in [2.75, 3.05) is 5.73 Å². The number of rotatable bonds is 2. The smallest absolute Gasteiger partial charge is 0.126 e. The van der Waals surface area contributed by atoms with Gasteiger partial charge in [-0.1, -0.05) is 11.6 Å². The fourth-order valence-corrected chi connectivity index (χ4v) is 3.30. The van der Waals surface area contributed by atoms with Crippen LogP contribution in [0.2, 0.25) is 5.02 Å². The van der Waals surface area contributed by atoms with Crippen LogP contribution in [0.3, 0.4) is 0 Å². The number of nitrogen functional groups attached to an aromatic ring is 1. The Kier molecular flexibility index (Phi) is 3.35. The van der Waals surface area contributed by atoms with Crippen molar-refractivity contribution in [2.24, 2.45) is 0 Å². The fourth-order valence-electron chi connectivity index (χ4n) is 1.74. The first-order valence-corrected chi connectivity index (χ1v) is 7.54. The molecule has 0 atom stereocenters. The van der Waals surface area contributed by atoms with Crippen molar-refractivity contribution in [3.63, 3.8) is 0 Å². The van der Waals surface area contributed by atoms with Crippen molar-refractivity contribution >= 4 is 44.6 Å². The van der Waals surface area contributed by atoms with Gasteiger partial charge in [0, 0.05) is 14.9 Å². The number of aromatic nitrogens is 2. The summed E-state index contributed by atoms with van der Waals surface area (Å²) in [6.07, 6.45) is 1.81. The average molecular weight is 355 g/mol. The molecule has 0 aliphatic heterocycles. The lowest BCUT2D eigenvalue weighted by Gasteiger charge is -2.00. The number of thiophene rings is 1. The molecule has 3 aromatic rings. The Labute approximate surface area is 127 Å².